The summed E-state index contributed by atoms with van der Waals surface area (Å²) in [6.07, 6.45) is 5.17. The minimum atomic E-state index is -0.0292. The predicted molar refractivity (Wildman–Crippen MR) is 74.2 cm³/mol. The Hall–Kier alpha value is -1.81. The van der Waals surface area contributed by atoms with Crippen LogP contribution in [-0.4, -0.2) is 25.0 Å². The average Bonchev–Trinajstić information content (AvgIpc) is 3.12. The maximum absolute atomic E-state index is 12.1. The van der Waals surface area contributed by atoms with Crippen LogP contribution >= 0.6 is 0 Å². The molecule has 0 spiro atoms. The Morgan fingerprint density at radius 1 is 1.26 bits per heavy atom. The van der Waals surface area contributed by atoms with Gasteiger partial charge < -0.3 is 15.1 Å². The van der Waals surface area contributed by atoms with Crippen molar-refractivity contribution in [3.8, 4) is 0 Å². The van der Waals surface area contributed by atoms with E-state index in [1.165, 1.54) is 12.8 Å². The Bertz CT molecular complexity index is 572. The van der Waals surface area contributed by atoms with E-state index >= 15 is 0 Å². The molecule has 1 heterocycles. The van der Waals surface area contributed by atoms with E-state index in [0.29, 0.717) is 12.1 Å². The van der Waals surface area contributed by atoms with Gasteiger partial charge in [0.05, 0.1) is 11.8 Å². The highest BCUT2D eigenvalue weighted by Gasteiger charge is 2.19. The van der Waals surface area contributed by atoms with Crippen LogP contribution in [0.3, 0.4) is 0 Å². The molecule has 1 aliphatic rings. The summed E-state index contributed by atoms with van der Waals surface area (Å²) in [7, 11) is 0. The van der Waals surface area contributed by atoms with E-state index in [2.05, 4.69) is 10.6 Å². The topological polar surface area (TPSA) is 54.3 Å². The molecule has 100 valence electrons. The Balaban J connectivity index is 1.52. The molecule has 1 saturated carbocycles. The summed E-state index contributed by atoms with van der Waals surface area (Å²) in [5.41, 5.74) is 1.43. The van der Waals surface area contributed by atoms with Crippen LogP contribution in [0.5, 0.6) is 0 Å². The van der Waals surface area contributed by atoms with E-state index in [9.17, 15) is 4.79 Å². The predicted octanol–water partition coefficient (Wildman–Crippen LogP) is 2.30. The van der Waals surface area contributed by atoms with Gasteiger partial charge in [0.25, 0.3) is 5.91 Å². The molecule has 0 saturated heterocycles. The summed E-state index contributed by atoms with van der Waals surface area (Å²) in [6.45, 7) is 1.67. The molecular weight excluding hydrogens is 240 g/mol. The third-order valence-electron chi connectivity index (χ3n) is 3.39. The van der Waals surface area contributed by atoms with E-state index in [1.54, 1.807) is 6.26 Å². The van der Waals surface area contributed by atoms with Crippen LogP contribution in [-0.2, 0) is 0 Å². The summed E-state index contributed by atoms with van der Waals surface area (Å²) >= 11 is 0. The first-order valence-electron chi connectivity index (χ1n) is 6.82. The molecule has 1 aliphatic carbocycles. The fourth-order valence-electron chi connectivity index (χ4n) is 2.17. The number of carbonyl (C=O) groups is 1. The van der Waals surface area contributed by atoms with Gasteiger partial charge >= 0.3 is 0 Å². The molecule has 4 nitrogen and oxygen atoms in total. The Labute approximate surface area is 112 Å². The molecule has 4 heteroatoms. The molecule has 19 heavy (non-hydrogen) atoms. The molecular formula is C15H18N2O2. The smallest absolute Gasteiger partial charge is 0.252 e. The van der Waals surface area contributed by atoms with Gasteiger partial charge in [-0.25, -0.2) is 0 Å². The average molecular weight is 258 g/mol. The van der Waals surface area contributed by atoms with Gasteiger partial charge in [-0.2, -0.15) is 0 Å². The van der Waals surface area contributed by atoms with Crippen LogP contribution in [0.2, 0.25) is 0 Å². The summed E-state index contributed by atoms with van der Waals surface area (Å²) in [5.74, 6) is -0.0292. The van der Waals surface area contributed by atoms with Gasteiger partial charge in [-0.05, 0) is 44.0 Å². The number of hydrogen-bond acceptors (Lipinski definition) is 3. The number of carbonyl (C=O) groups excluding carboxylic acids is 1. The second kappa shape index (κ2) is 5.45. The lowest BCUT2D eigenvalue weighted by molar-refractivity contribution is 0.0955. The minimum Gasteiger partial charge on any atom is -0.464 e. The number of benzene rings is 1. The number of hydrogen-bond donors (Lipinski definition) is 2. The Morgan fingerprint density at radius 3 is 3.00 bits per heavy atom. The third-order valence-corrected chi connectivity index (χ3v) is 3.39. The SMILES string of the molecule is O=C(NCCCNC1CC1)c1cccc2occc12. The number of furan rings is 1. The van der Waals surface area contributed by atoms with Crippen LogP contribution < -0.4 is 10.6 Å². The third kappa shape index (κ3) is 2.96. The highest BCUT2D eigenvalue weighted by molar-refractivity contribution is 6.05. The summed E-state index contributed by atoms with van der Waals surface area (Å²) in [5, 5.41) is 7.26. The summed E-state index contributed by atoms with van der Waals surface area (Å²) in [4.78, 5) is 12.1. The lowest BCUT2D eigenvalue weighted by Crippen LogP contribution is -2.28. The first-order valence-corrected chi connectivity index (χ1v) is 6.82. The van der Waals surface area contributed by atoms with Crippen molar-refractivity contribution in [2.24, 2.45) is 0 Å². The van der Waals surface area contributed by atoms with Crippen molar-refractivity contribution in [1.29, 1.82) is 0 Å². The van der Waals surface area contributed by atoms with Gasteiger partial charge in [0.2, 0.25) is 0 Å². The largest absolute Gasteiger partial charge is 0.464 e. The van der Waals surface area contributed by atoms with Crippen LogP contribution in [0.4, 0.5) is 0 Å². The molecule has 0 bridgehead atoms. The molecule has 0 radical (unpaired) electrons. The van der Waals surface area contributed by atoms with Gasteiger partial charge in [-0.3, -0.25) is 4.79 Å². The Morgan fingerprint density at radius 2 is 2.16 bits per heavy atom. The number of rotatable bonds is 6. The minimum absolute atomic E-state index is 0.0292. The number of amides is 1. The second-order valence-corrected chi connectivity index (χ2v) is 4.98. The number of fused-ring (bicyclic) bond motifs is 1. The molecule has 2 N–H and O–H groups in total. The van der Waals surface area contributed by atoms with Crippen LogP contribution in [0, 0.1) is 0 Å². The quantitative estimate of drug-likeness (QED) is 0.782. The highest BCUT2D eigenvalue weighted by Crippen LogP contribution is 2.19. The van der Waals surface area contributed by atoms with E-state index < -0.39 is 0 Å². The van der Waals surface area contributed by atoms with Crippen molar-refractivity contribution < 1.29 is 9.21 Å². The van der Waals surface area contributed by atoms with Gasteiger partial charge in [0.1, 0.15) is 5.58 Å². The first-order chi connectivity index (χ1) is 9.34. The summed E-state index contributed by atoms with van der Waals surface area (Å²) in [6, 6.07) is 8.10. The van der Waals surface area contributed by atoms with Crippen molar-refractivity contribution in [1.82, 2.24) is 10.6 Å². The lowest BCUT2D eigenvalue weighted by atomic mass is 10.1. The zero-order valence-electron chi connectivity index (χ0n) is 10.8. The highest BCUT2D eigenvalue weighted by atomic mass is 16.3. The fraction of sp³-hybridized carbons (Fsp3) is 0.400. The van der Waals surface area contributed by atoms with E-state index in [-0.39, 0.29) is 5.91 Å². The van der Waals surface area contributed by atoms with Gasteiger partial charge in [0.15, 0.2) is 0 Å². The summed E-state index contributed by atoms with van der Waals surface area (Å²) < 4.78 is 5.30. The standard InChI is InChI=1S/C15H18N2O2/c18-15(17-9-2-8-16-11-5-6-11)13-3-1-4-14-12(13)7-10-19-14/h1,3-4,7,10-11,16H,2,5-6,8-9H2,(H,17,18). The second-order valence-electron chi connectivity index (χ2n) is 4.98. The zero-order valence-corrected chi connectivity index (χ0v) is 10.8. The van der Waals surface area contributed by atoms with Crippen molar-refractivity contribution in [2.75, 3.05) is 13.1 Å². The van der Waals surface area contributed by atoms with Gasteiger partial charge in [-0.15, -0.1) is 0 Å². The van der Waals surface area contributed by atoms with Crippen molar-refractivity contribution >= 4 is 16.9 Å². The van der Waals surface area contributed by atoms with Crippen LogP contribution in [0.25, 0.3) is 11.0 Å². The molecule has 3 rings (SSSR count). The molecule has 1 fully saturated rings. The lowest BCUT2D eigenvalue weighted by Gasteiger charge is -2.06. The van der Waals surface area contributed by atoms with E-state index in [4.69, 9.17) is 4.42 Å². The zero-order chi connectivity index (χ0) is 13.1. The van der Waals surface area contributed by atoms with Crippen molar-refractivity contribution in [3.63, 3.8) is 0 Å². The Kier molecular flexibility index (Phi) is 3.51. The molecule has 2 aromatic rings. The van der Waals surface area contributed by atoms with Crippen molar-refractivity contribution in [3.05, 3.63) is 36.1 Å². The molecule has 1 aromatic carbocycles. The maximum Gasteiger partial charge on any atom is 0.252 e. The van der Waals surface area contributed by atoms with E-state index in [1.807, 2.05) is 24.3 Å². The maximum atomic E-state index is 12.1. The van der Waals surface area contributed by atoms with Crippen molar-refractivity contribution in [2.45, 2.75) is 25.3 Å². The number of nitrogens with one attached hydrogen (secondary N) is 2. The monoisotopic (exact) mass is 258 g/mol. The van der Waals surface area contributed by atoms with Gasteiger partial charge in [-0.1, -0.05) is 6.07 Å². The van der Waals surface area contributed by atoms with Gasteiger partial charge in [0, 0.05) is 18.0 Å². The molecule has 1 aromatic heterocycles. The molecule has 0 unspecified atom stereocenters. The molecule has 1 amide bonds. The fourth-order valence-corrected chi connectivity index (χ4v) is 2.17. The normalized spacial score (nSPS) is 14.7. The van der Waals surface area contributed by atoms with Crippen LogP contribution in [0.1, 0.15) is 29.6 Å². The molecule has 0 atom stereocenters. The molecule has 0 aliphatic heterocycles. The first kappa shape index (κ1) is 12.2. The van der Waals surface area contributed by atoms with Crippen LogP contribution in [0.15, 0.2) is 34.9 Å². The van der Waals surface area contributed by atoms with E-state index in [0.717, 1.165) is 30.0 Å².